The van der Waals surface area contributed by atoms with E-state index in [1.807, 2.05) is 0 Å². The second-order valence-electron chi connectivity index (χ2n) is 5.92. The zero-order valence-electron chi connectivity index (χ0n) is 10.7. The van der Waals surface area contributed by atoms with E-state index >= 15 is 0 Å². The van der Waals surface area contributed by atoms with Gasteiger partial charge in [-0.25, -0.2) is 0 Å². The zero-order valence-corrected chi connectivity index (χ0v) is 10.7. The molecule has 1 unspecified atom stereocenters. The van der Waals surface area contributed by atoms with Gasteiger partial charge in [0.15, 0.2) is 0 Å². The van der Waals surface area contributed by atoms with Crippen molar-refractivity contribution in [2.24, 2.45) is 5.41 Å². The minimum absolute atomic E-state index is 0.267. The molecule has 1 N–H and O–H groups in total. The molecule has 1 saturated heterocycles. The molecule has 1 atom stereocenters. The highest BCUT2D eigenvalue weighted by Gasteiger charge is 2.24. The average molecular weight is 222 g/mol. The molecule has 4 nitrogen and oxygen atoms in total. The van der Waals surface area contributed by atoms with Crippen LogP contribution in [0.2, 0.25) is 0 Å². The van der Waals surface area contributed by atoms with Crippen LogP contribution in [0.3, 0.4) is 0 Å². The summed E-state index contributed by atoms with van der Waals surface area (Å²) in [6.45, 7) is 10.9. The molecular formula is C12H22N4. The molecule has 1 fully saturated rings. The predicted octanol–water partition coefficient (Wildman–Crippen LogP) is 1.71. The standard InChI is InChI=1S/C12H22N4/c1-9-14-15-11(7-12(2,3)4)16(9)10-5-6-13-8-10/h10,13H,5-8H2,1-4H3. The monoisotopic (exact) mass is 222 g/mol. The topological polar surface area (TPSA) is 42.7 Å². The van der Waals surface area contributed by atoms with Crippen molar-refractivity contribution in [1.82, 2.24) is 20.1 Å². The Morgan fingerprint density at radius 3 is 2.69 bits per heavy atom. The number of nitrogens with zero attached hydrogens (tertiary/aromatic N) is 3. The Bertz CT molecular complexity index is 356. The van der Waals surface area contributed by atoms with Gasteiger partial charge in [-0.3, -0.25) is 0 Å². The number of nitrogens with one attached hydrogen (secondary N) is 1. The first-order valence-corrected chi connectivity index (χ1v) is 6.08. The van der Waals surface area contributed by atoms with Crippen molar-refractivity contribution in [2.45, 2.75) is 46.6 Å². The molecule has 16 heavy (non-hydrogen) atoms. The molecule has 1 aliphatic heterocycles. The Kier molecular flexibility index (Phi) is 3.02. The van der Waals surface area contributed by atoms with E-state index in [0.717, 1.165) is 31.2 Å². The number of aromatic nitrogens is 3. The molecule has 1 aromatic heterocycles. The van der Waals surface area contributed by atoms with E-state index in [2.05, 4.69) is 47.8 Å². The van der Waals surface area contributed by atoms with E-state index in [1.165, 1.54) is 6.42 Å². The minimum atomic E-state index is 0.267. The predicted molar refractivity (Wildman–Crippen MR) is 64.4 cm³/mol. The van der Waals surface area contributed by atoms with E-state index in [-0.39, 0.29) is 5.41 Å². The lowest BCUT2D eigenvalue weighted by molar-refractivity contribution is 0.381. The molecule has 0 spiro atoms. The Morgan fingerprint density at radius 2 is 2.12 bits per heavy atom. The van der Waals surface area contributed by atoms with Crippen LogP contribution < -0.4 is 5.32 Å². The number of aryl methyl sites for hydroxylation is 1. The molecule has 4 heteroatoms. The summed E-state index contributed by atoms with van der Waals surface area (Å²) in [5, 5.41) is 12.0. The SMILES string of the molecule is Cc1nnc(CC(C)(C)C)n1C1CCNC1. The van der Waals surface area contributed by atoms with Gasteiger partial charge in [0.2, 0.25) is 0 Å². The van der Waals surface area contributed by atoms with Crippen molar-refractivity contribution in [3.05, 3.63) is 11.6 Å². The van der Waals surface area contributed by atoms with Crippen LogP contribution in [0.4, 0.5) is 0 Å². The largest absolute Gasteiger partial charge is 0.315 e. The highest BCUT2D eigenvalue weighted by Crippen LogP contribution is 2.24. The van der Waals surface area contributed by atoms with Crippen molar-refractivity contribution < 1.29 is 0 Å². The summed E-state index contributed by atoms with van der Waals surface area (Å²) in [5.41, 5.74) is 0.267. The molecule has 0 saturated carbocycles. The molecule has 0 radical (unpaired) electrons. The molecule has 2 heterocycles. The lowest BCUT2D eigenvalue weighted by Gasteiger charge is -2.21. The van der Waals surface area contributed by atoms with Gasteiger partial charge in [-0.2, -0.15) is 0 Å². The van der Waals surface area contributed by atoms with Crippen molar-refractivity contribution in [3.8, 4) is 0 Å². The quantitative estimate of drug-likeness (QED) is 0.828. The lowest BCUT2D eigenvalue weighted by Crippen LogP contribution is -2.20. The van der Waals surface area contributed by atoms with Crippen molar-refractivity contribution >= 4 is 0 Å². The average Bonchev–Trinajstić information content (AvgIpc) is 2.73. The van der Waals surface area contributed by atoms with E-state index in [1.54, 1.807) is 0 Å². The van der Waals surface area contributed by atoms with Gasteiger partial charge < -0.3 is 9.88 Å². The van der Waals surface area contributed by atoms with Crippen LogP contribution in [0, 0.1) is 12.3 Å². The van der Waals surface area contributed by atoms with Gasteiger partial charge in [0.25, 0.3) is 0 Å². The molecule has 90 valence electrons. The summed E-state index contributed by atoms with van der Waals surface area (Å²) in [4.78, 5) is 0. The molecule has 0 amide bonds. The highest BCUT2D eigenvalue weighted by molar-refractivity contribution is 5.01. The van der Waals surface area contributed by atoms with Crippen LogP contribution in [0.5, 0.6) is 0 Å². The van der Waals surface area contributed by atoms with Crippen molar-refractivity contribution in [2.75, 3.05) is 13.1 Å². The smallest absolute Gasteiger partial charge is 0.133 e. The summed E-state index contributed by atoms with van der Waals surface area (Å²) in [6.07, 6.45) is 2.18. The second kappa shape index (κ2) is 4.17. The summed E-state index contributed by atoms with van der Waals surface area (Å²) < 4.78 is 2.32. The molecule has 1 aromatic rings. The van der Waals surface area contributed by atoms with Gasteiger partial charge in [0.1, 0.15) is 11.6 Å². The van der Waals surface area contributed by atoms with E-state index in [0.29, 0.717) is 6.04 Å². The lowest BCUT2D eigenvalue weighted by atomic mass is 9.92. The third-order valence-corrected chi connectivity index (χ3v) is 3.02. The fourth-order valence-electron chi connectivity index (χ4n) is 2.34. The van der Waals surface area contributed by atoms with E-state index in [9.17, 15) is 0 Å². The summed E-state index contributed by atoms with van der Waals surface area (Å²) >= 11 is 0. The molecule has 0 bridgehead atoms. The molecule has 2 rings (SSSR count). The maximum Gasteiger partial charge on any atom is 0.133 e. The summed E-state index contributed by atoms with van der Waals surface area (Å²) in [6, 6.07) is 0.548. The first-order chi connectivity index (χ1) is 7.47. The highest BCUT2D eigenvalue weighted by atomic mass is 15.3. The summed E-state index contributed by atoms with van der Waals surface area (Å²) in [7, 11) is 0. The first-order valence-electron chi connectivity index (χ1n) is 6.08. The van der Waals surface area contributed by atoms with Gasteiger partial charge >= 0.3 is 0 Å². The Balaban J connectivity index is 2.25. The van der Waals surface area contributed by atoms with Crippen LogP contribution in [0.25, 0.3) is 0 Å². The molecule has 1 aliphatic rings. The van der Waals surface area contributed by atoms with Gasteiger partial charge in [0, 0.05) is 13.0 Å². The maximum atomic E-state index is 4.33. The zero-order chi connectivity index (χ0) is 11.8. The van der Waals surface area contributed by atoms with Gasteiger partial charge in [-0.15, -0.1) is 10.2 Å². The normalized spacial score (nSPS) is 21.6. The van der Waals surface area contributed by atoms with Crippen molar-refractivity contribution in [3.63, 3.8) is 0 Å². The Hall–Kier alpha value is -0.900. The van der Waals surface area contributed by atoms with Crippen LogP contribution in [-0.4, -0.2) is 27.9 Å². The first kappa shape index (κ1) is 11.6. The summed E-state index contributed by atoms with van der Waals surface area (Å²) in [5.74, 6) is 2.19. The second-order valence-corrected chi connectivity index (χ2v) is 5.92. The van der Waals surface area contributed by atoms with Crippen LogP contribution in [-0.2, 0) is 6.42 Å². The van der Waals surface area contributed by atoms with Gasteiger partial charge in [-0.05, 0) is 25.3 Å². The fourth-order valence-corrected chi connectivity index (χ4v) is 2.34. The van der Waals surface area contributed by atoms with E-state index < -0.39 is 0 Å². The van der Waals surface area contributed by atoms with Crippen LogP contribution in [0.1, 0.15) is 44.9 Å². The van der Waals surface area contributed by atoms with Crippen LogP contribution in [0.15, 0.2) is 0 Å². The van der Waals surface area contributed by atoms with Gasteiger partial charge in [-0.1, -0.05) is 20.8 Å². The maximum absolute atomic E-state index is 4.33. The molecule has 0 aliphatic carbocycles. The van der Waals surface area contributed by atoms with Gasteiger partial charge in [0.05, 0.1) is 6.04 Å². The van der Waals surface area contributed by atoms with Crippen molar-refractivity contribution in [1.29, 1.82) is 0 Å². The van der Waals surface area contributed by atoms with E-state index in [4.69, 9.17) is 0 Å². The molecule has 0 aromatic carbocycles. The third-order valence-electron chi connectivity index (χ3n) is 3.02. The third kappa shape index (κ3) is 2.43. The fraction of sp³-hybridized carbons (Fsp3) is 0.833. The van der Waals surface area contributed by atoms with Crippen LogP contribution >= 0.6 is 0 Å². The Morgan fingerprint density at radius 1 is 1.38 bits per heavy atom. The number of rotatable bonds is 2. The Labute approximate surface area is 97.5 Å². The molecular weight excluding hydrogens is 200 g/mol. The number of hydrogen-bond acceptors (Lipinski definition) is 3. The minimum Gasteiger partial charge on any atom is -0.315 e. The number of hydrogen-bond donors (Lipinski definition) is 1.